The molecule has 0 bridgehead atoms. The van der Waals surface area contributed by atoms with Gasteiger partial charge in [-0.2, -0.15) is 0 Å². The number of carbonyl (C=O) groups excluding carboxylic acids is 1. The van der Waals surface area contributed by atoms with Crippen molar-refractivity contribution in [3.05, 3.63) is 48.1 Å². The minimum absolute atomic E-state index is 0.166. The average Bonchev–Trinajstić information content (AvgIpc) is 3.30. The molecule has 1 amide bonds. The van der Waals surface area contributed by atoms with Crippen LogP contribution < -0.4 is 10.6 Å². The Labute approximate surface area is 252 Å². The molecule has 41 heavy (non-hydrogen) atoms. The third kappa shape index (κ3) is 4.25. The zero-order chi connectivity index (χ0) is 30.0. The van der Waals surface area contributed by atoms with Gasteiger partial charge in [0.05, 0.1) is 5.41 Å². The maximum atomic E-state index is 14.0. The normalized spacial score (nSPS) is 44.9. The highest BCUT2D eigenvalue weighted by Gasteiger charge is 2.71. The van der Waals surface area contributed by atoms with Gasteiger partial charge >= 0.3 is 0 Å². The van der Waals surface area contributed by atoms with Crippen LogP contribution in [0.4, 0.5) is 0 Å². The predicted octanol–water partition coefficient (Wildman–Crippen LogP) is 8.65. The lowest BCUT2D eigenvalue weighted by atomic mass is 9.32. The van der Waals surface area contributed by atoms with Crippen molar-refractivity contribution in [2.75, 3.05) is 20.1 Å². The van der Waals surface area contributed by atoms with Gasteiger partial charge in [0.15, 0.2) is 0 Å². The van der Waals surface area contributed by atoms with Crippen LogP contribution in [0.2, 0.25) is 0 Å². The Bertz CT molecular complexity index is 1140. The zero-order valence-corrected chi connectivity index (χ0v) is 27.7. The third-order valence-corrected chi connectivity index (χ3v) is 14.5. The summed E-state index contributed by atoms with van der Waals surface area (Å²) in [5.41, 5.74) is 5.06. The molecule has 0 spiro atoms. The van der Waals surface area contributed by atoms with E-state index in [1.165, 1.54) is 49.7 Å². The van der Waals surface area contributed by atoms with Crippen molar-refractivity contribution in [3.8, 4) is 0 Å². The van der Waals surface area contributed by atoms with Gasteiger partial charge in [-0.3, -0.25) is 4.79 Å². The fourth-order valence-electron chi connectivity index (χ4n) is 12.6. The van der Waals surface area contributed by atoms with Gasteiger partial charge < -0.3 is 10.6 Å². The molecule has 228 valence electrons. The molecule has 0 aliphatic heterocycles. The standard InChI is InChI=1S/C38H60N2O/c1-11-12-26(4)28-16-18-35(7)30(34(28,5)6)17-19-37(9)31(35)14-13-29-32-27(25(2)3)15-20-38(32,22-21-36(29,37)8)33(41)40-24-23-39-10/h11-12,16,27,29-32,39H,1-2,13-15,17-24H2,3-10H3,(H,40,41)/b26-12+/t27-,29+,30-,31+,32+,35-,36+,37+,38-/m0/s1. The summed E-state index contributed by atoms with van der Waals surface area (Å²) in [6, 6.07) is 0. The van der Waals surface area contributed by atoms with Crippen LogP contribution in [-0.2, 0) is 4.79 Å². The fraction of sp³-hybridized carbons (Fsp3) is 0.763. The second kappa shape index (κ2) is 10.5. The lowest BCUT2D eigenvalue weighted by Crippen LogP contribution is -2.66. The van der Waals surface area contributed by atoms with Gasteiger partial charge in [-0.05, 0) is 141 Å². The summed E-state index contributed by atoms with van der Waals surface area (Å²) >= 11 is 0. The first-order valence-corrected chi connectivity index (χ1v) is 16.8. The number of allylic oxidation sites excluding steroid dienone is 6. The molecule has 0 unspecified atom stereocenters. The van der Waals surface area contributed by atoms with E-state index in [0.29, 0.717) is 40.4 Å². The number of likely N-dealkylation sites (N-methyl/N-ethyl adjacent to an activating group) is 1. The molecule has 0 aromatic heterocycles. The molecule has 0 aromatic rings. The molecule has 3 heteroatoms. The van der Waals surface area contributed by atoms with Crippen LogP contribution in [0, 0.1) is 56.7 Å². The van der Waals surface area contributed by atoms with Crippen molar-refractivity contribution in [2.45, 2.75) is 106 Å². The van der Waals surface area contributed by atoms with Gasteiger partial charge in [0.2, 0.25) is 5.91 Å². The second-order valence-corrected chi connectivity index (χ2v) is 16.3. The summed E-state index contributed by atoms with van der Waals surface area (Å²) in [5, 5.41) is 6.58. The van der Waals surface area contributed by atoms with E-state index in [1.54, 1.807) is 5.57 Å². The van der Waals surface area contributed by atoms with Crippen molar-refractivity contribution >= 4 is 5.91 Å². The second-order valence-electron chi connectivity index (χ2n) is 16.3. The number of carbonyl (C=O) groups is 1. The van der Waals surface area contributed by atoms with E-state index in [2.05, 4.69) is 84.4 Å². The van der Waals surface area contributed by atoms with Crippen molar-refractivity contribution < 1.29 is 4.79 Å². The average molecular weight is 561 g/mol. The Morgan fingerprint density at radius 3 is 2.34 bits per heavy atom. The van der Waals surface area contributed by atoms with Crippen LogP contribution in [0.25, 0.3) is 0 Å². The maximum absolute atomic E-state index is 14.0. The van der Waals surface area contributed by atoms with Gasteiger partial charge in [-0.25, -0.2) is 0 Å². The number of nitrogens with one attached hydrogen (secondary N) is 2. The van der Waals surface area contributed by atoms with Crippen LogP contribution in [0.15, 0.2) is 48.1 Å². The van der Waals surface area contributed by atoms with E-state index in [1.807, 2.05) is 13.1 Å². The van der Waals surface area contributed by atoms with Gasteiger partial charge in [0, 0.05) is 13.1 Å². The van der Waals surface area contributed by atoms with Crippen molar-refractivity contribution in [3.63, 3.8) is 0 Å². The van der Waals surface area contributed by atoms with E-state index in [0.717, 1.165) is 38.3 Å². The molecule has 5 aliphatic carbocycles. The Balaban J connectivity index is 1.52. The highest BCUT2D eigenvalue weighted by molar-refractivity contribution is 5.84. The molecule has 0 radical (unpaired) electrons. The minimum atomic E-state index is -0.217. The van der Waals surface area contributed by atoms with Crippen molar-refractivity contribution in [1.82, 2.24) is 10.6 Å². The van der Waals surface area contributed by atoms with Crippen LogP contribution in [0.3, 0.4) is 0 Å². The molecule has 0 aromatic carbocycles. The summed E-state index contributed by atoms with van der Waals surface area (Å²) in [6.45, 7) is 27.6. The van der Waals surface area contributed by atoms with E-state index in [4.69, 9.17) is 0 Å². The highest BCUT2D eigenvalue weighted by Crippen LogP contribution is 2.77. The lowest BCUT2D eigenvalue weighted by molar-refractivity contribution is -0.226. The molecule has 4 saturated carbocycles. The van der Waals surface area contributed by atoms with Crippen molar-refractivity contribution in [1.29, 1.82) is 0 Å². The van der Waals surface area contributed by atoms with Gasteiger partial charge in [-0.1, -0.05) is 71.6 Å². The van der Waals surface area contributed by atoms with Gasteiger partial charge in [0.1, 0.15) is 0 Å². The molecule has 0 heterocycles. The van der Waals surface area contributed by atoms with Crippen LogP contribution in [-0.4, -0.2) is 26.0 Å². The summed E-state index contributed by atoms with van der Waals surface area (Å²) in [5.74, 6) is 3.24. The first kappa shape index (κ1) is 30.8. The molecular formula is C38H60N2O. The SMILES string of the molecule is C=C/C=C(\C)C1=CC[C@]2(C)[C@H]3CC[C@@H]4[C@H]5[C@H](C(=C)C)CC[C@]5(C(=O)NCCNC)CC[C@@]4(C)[C@]3(C)CC[C@H]2C1(C)C. The van der Waals surface area contributed by atoms with E-state index in [9.17, 15) is 4.79 Å². The smallest absolute Gasteiger partial charge is 0.226 e. The van der Waals surface area contributed by atoms with Crippen molar-refractivity contribution in [2.24, 2.45) is 56.7 Å². The molecule has 3 nitrogen and oxygen atoms in total. The Hall–Kier alpha value is -1.61. The van der Waals surface area contributed by atoms with Gasteiger partial charge in [0.25, 0.3) is 0 Å². The van der Waals surface area contributed by atoms with Crippen LogP contribution >= 0.6 is 0 Å². The number of hydrogen-bond acceptors (Lipinski definition) is 2. The topological polar surface area (TPSA) is 41.1 Å². The molecule has 5 rings (SSSR count). The molecule has 0 saturated heterocycles. The monoisotopic (exact) mass is 560 g/mol. The largest absolute Gasteiger partial charge is 0.354 e. The number of amides is 1. The zero-order valence-electron chi connectivity index (χ0n) is 27.7. The summed E-state index contributed by atoms with van der Waals surface area (Å²) in [7, 11) is 1.96. The summed E-state index contributed by atoms with van der Waals surface area (Å²) < 4.78 is 0. The number of fused-ring (bicyclic) bond motifs is 7. The first-order valence-electron chi connectivity index (χ1n) is 16.8. The molecule has 9 atom stereocenters. The fourth-order valence-corrected chi connectivity index (χ4v) is 12.6. The van der Waals surface area contributed by atoms with E-state index in [-0.39, 0.29) is 16.2 Å². The van der Waals surface area contributed by atoms with Crippen LogP contribution in [0.5, 0.6) is 0 Å². The van der Waals surface area contributed by atoms with E-state index < -0.39 is 0 Å². The Kier molecular flexibility index (Phi) is 7.92. The Morgan fingerprint density at radius 1 is 0.951 bits per heavy atom. The first-order chi connectivity index (χ1) is 19.2. The molecule has 4 fully saturated rings. The lowest BCUT2D eigenvalue weighted by Gasteiger charge is -2.72. The Morgan fingerprint density at radius 2 is 1.68 bits per heavy atom. The third-order valence-electron chi connectivity index (χ3n) is 14.5. The number of hydrogen-bond donors (Lipinski definition) is 2. The van der Waals surface area contributed by atoms with Crippen LogP contribution in [0.1, 0.15) is 106 Å². The summed E-state index contributed by atoms with van der Waals surface area (Å²) in [4.78, 5) is 14.0. The van der Waals surface area contributed by atoms with E-state index >= 15 is 0 Å². The predicted molar refractivity (Wildman–Crippen MR) is 173 cm³/mol. The maximum Gasteiger partial charge on any atom is 0.226 e. The quantitative estimate of drug-likeness (QED) is 0.186. The van der Waals surface area contributed by atoms with Gasteiger partial charge in [-0.15, -0.1) is 0 Å². The molecular weight excluding hydrogens is 500 g/mol. The highest BCUT2D eigenvalue weighted by atomic mass is 16.2. The minimum Gasteiger partial charge on any atom is -0.354 e. The number of rotatable bonds is 7. The summed E-state index contributed by atoms with van der Waals surface area (Å²) in [6.07, 6.45) is 17.6. The molecule has 2 N–H and O–H groups in total. The molecule has 5 aliphatic rings.